The molecule has 28 heavy (non-hydrogen) atoms. The summed E-state index contributed by atoms with van der Waals surface area (Å²) in [5, 5.41) is 39.9. The normalized spacial score (nSPS) is 13.0. The molecule has 144 valence electrons. The maximum atomic E-state index is 13.2. The minimum Gasteiger partial charge on any atom is -0.505 e. The molecule has 0 saturated carbocycles. The zero-order valence-corrected chi connectivity index (χ0v) is 17.1. The maximum absolute atomic E-state index is 13.2. The number of rotatable bonds is 5. The molecule has 0 amide bonds. The Morgan fingerprint density at radius 3 is 2.68 bits per heavy atom. The fraction of sp³-hybridized carbons (Fsp3) is 0.211. The Morgan fingerprint density at radius 1 is 1.29 bits per heavy atom. The molecule has 9 heteroatoms. The largest absolute Gasteiger partial charge is 0.505 e. The number of halogens is 2. The number of phenolic OH excluding ortho intramolecular Hbond substituents is 1. The minimum absolute atomic E-state index is 0.0869. The van der Waals surface area contributed by atoms with Crippen LogP contribution in [-0.4, -0.2) is 26.5 Å². The van der Waals surface area contributed by atoms with Gasteiger partial charge in [-0.2, -0.15) is 5.26 Å². The molecule has 3 N–H and O–H groups in total. The lowest BCUT2D eigenvalue weighted by atomic mass is 10.1. The van der Waals surface area contributed by atoms with E-state index in [4.69, 9.17) is 9.68 Å². The van der Waals surface area contributed by atoms with Crippen molar-refractivity contribution < 1.29 is 19.0 Å². The van der Waals surface area contributed by atoms with E-state index in [1.807, 2.05) is 6.92 Å². The van der Waals surface area contributed by atoms with Gasteiger partial charge in [0.05, 0.1) is 11.7 Å². The quantitative estimate of drug-likeness (QED) is 0.461. The number of aliphatic hydroxyl groups is 1. The molecule has 2 aromatic carbocycles. The van der Waals surface area contributed by atoms with E-state index >= 15 is 0 Å². The Hall–Kier alpha value is -2.71. The Balaban J connectivity index is 1.92. The second-order valence-electron chi connectivity index (χ2n) is 6.19. The zero-order valence-electron chi connectivity index (χ0n) is 14.9. The fourth-order valence-corrected chi connectivity index (χ4v) is 3.20. The summed E-state index contributed by atoms with van der Waals surface area (Å²) in [5.41, 5.74) is 2.49. The highest BCUT2D eigenvalue weighted by atomic mass is 127. The predicted octanol–water partition coefficient (Wildman–Crippen LogP) is 3.90. The molecule has 0 aliphatic carbocycles. The summed E-state index contributed by atoms with van der Waals surface area (Å²) in [7, 11) is 0. The Labute approximate surface area is 174 Å². The van der Waals surface area contributed by atoms with Crippen LogP contribution < -0.4 is 5.32 Å². The van der Waals surface area contributed by atoms with E-state index in [1.165, 1.54) is 12.1 Å². The summed E-state index contributed by atoms with van der Waals surface area (Å²) in [5.74, 6) is -1.06. The van der Waals surface area contributed by atoms with Crippen LogP contribution in [0.4, 0.5) is 10.1 Å². The van der Waals surface area contributed by atoms with Crippen molar-refractivity contribution in [1.29, 1.82) is 5.26 Å². The van der Waals surface area contributed by atoms with Crippen molar-refractivity contribution >= 4 is 28.3 Å². The number of benzene rings is 2. The monoisotopic (exact) mass is 494 g/mol. The van der Waals surface area contributed by atoms with E-state index in [1.54, 1.807) is 19.1 Å². The minimum atomic E-state index is -0.873. The lowest BCUT2D eigenvalue weighted by Crippen LogP contribution is -2.23. The van der Waals surface area contributed by atoms with Crippen LogP contribution in [0.5, 0.6) is 5.75 Å². The number of aliphatic hydroxyl groups excluding tert-OH is 1. The number of nitriles is 1. The highest BCUT2D eigenvalue weighted by molar-refractivity contribution is 14.1. The third kappa shape index (κ3) is 3.93. The number of phenols is 1. The van der Waals surface area contributed by atoms with Crippen molar-refractivity contribution in [2.75, 3.05) is 5.32 Å². The Morgan fingerprint density at radius 2 is 2.04 bits per heavy atom. The molecule has 0 fully saturated rings. The van der Waals surface area contributed by atoms with Crippen molar-refractivity contribution in [2.24, 2.45) is 0 Å². The first-order valence-electron chi connectivity index (χ1n) is 8.28. The molecule has 0 saturated heterocycles. The van der Waals surface area contributed by atoms with E-state index in [2.05, 4.69) is 44.2 Å². The Kier molecular flexibility index (Phi) is 5.81. The highest BCUT2D eigenvalue weighted by Crippen LogP contribution is 2.31. The summed E-state index contributed by atoms with van der Waals surface area (Å²) in [4.78, 5) is 0. The standard InChI is InChI=1S/C19H16FIN4O3/c1-9-14(6-4-12(8-22)16(9)21)23-17(10(2)26)19-25-24-18(28-19)11-3-5-13(20)15(27)7-11/h3-7,10,17,23,26-27H,1-2H3/t10-,17?/m1/s1. The SMILES string of the molecule is Cc1c(NC(c2nnc(-c3ccc(F)c(O)c3)o2)[C@@H](C)O)ccc(C#N)c1I. The fourth-order valence-electron chi connectivity index (χ4n) is 2.61. The van der Waals surface area contributed by atoms with Crippen LogP contribution in [0, 0.1) is 27.6 Å². The van der Waals surface area contributed by atoms with Crippen LogP contribution in [0.2, 0.25) is 0 Å². The van der Waals surface area contributed by atoms with Crippen LogP contribution in [0.25, 0.3) is 11.5 Å². The predicted molar refractivity (Wildman–Crippen MR) is 108 cm³/mol. The second-order valence-corrected chi connectivity index (χ2v) is 7.26. The lowest BCUT2D eigenvalue weighted by molar-refractivity contribution is 0.159. The van der Waals surface area contributed by atoms with Gasteiger partial charge in [0.2, 0.25) is 11.8 Å². The molecule has 2 atom stereocenters. The van der Waals surface area contributed by atoms with Crippen molar-refractivity contribution in [2.45, 2.75) is 26.0 Å². The Bertz CT molecular complexity index is 1060. The summed E-state index contributed by atoms with van der Waals surface area (Å²) < 4.78 is 19.7. The molecule has 0 aliphatic rings. The molecular weight excluding hydrogens is 478 g/mol. The summed E-state index contributed by atoms with van der Waals surface area (Å²) in [6, 6.07) is 8.55. The number of hydrogen-bond donors (Lipinski definition) is 3. The summed E-state index contributed by atoms with van der Waals surface area (Å²) in [6.07, 6.45) is -0.873. The van der Waals surface area contributed by atoms with Gasteiger partial charge in [0.1, 0.15) is 12.1 Å². The van der Waals surface area contributed by atoms with Gasteiger partial charge in [0.25, 0.3) is 0 Å². The number of aromatic nitrogens is 2. The highest BCUT2D eigenvalue weighted by Gasteiger charge is 2.25. The third-order valence-corrected chi connectivity index (χ3v) is 5.59. The molecule has 7 nitrogen and oxygen atoms in total. The summed E-state index contributed by atoms with van der Waals surface area (Å²) >= 11 is 2.10. The average molecular weight is 494 g/mol. The third-order valence-electron chi connectivity index (χ3n) is 4.20. The van der Waals surface area contributed by atoms with Crippen LogP contribution in [-0.2, 0) is 0 Å². The van der Waals surface area contributed by atoms with Crippen LogP contribution >= 0.6 is 22.6 Å². The molecule has 3 aromatic rings. The van der Waals surface area contributed by atoms with Gasteiger partial charge in [-0.05, 0) is 72.3 Å². The first-order valence-corrected chi connectivity index (χ1v) is 9.35. The van der Waals surface area contributed by atoms with E-state index in [0.29, 0.717) is 16.8 Å². The first kappa shape index (κ1) is 20.0. The number of nitrogens with zero attached hydrogens (tertiary/aromatic N) is 3. The topological polar surface area (TPSA) is 115 Å². The molecule has 0 radical (unpaired) electrons. The van der Waals surface area contributed by atoms with E-state index in [-0.39, 0.29) is 11.8 Å². The van der Waals surface area contributed by atoms with Crippen molar-refractivity contribution in [3.8, 4) is 23.3 Å². The lowest BCUT2D eigenvalue weighted by Gasteiger charge is -2.21. The smallest absolute Gasteiger partial charge is 0.248 e. The number of aromatic hydroxyl groups is 1. The van der Waals surface area contributed by atoms with Crippen molar-refractivity contribution in [3.05, 3.63) is 56.7 Å². The van der Waals surface area contributed by atoms with Gasteiger partial charge < -0.3 is 19.9 Å². The molecule has 3 rings (SSSR count). The van der Waals surface area contributed by atoms with Crippen molar-refractivity contribution in [3.63, 3.8) is 0 Å². The molecule has 0 bridgehead atoms. The molecule has 1 aromatic heterocycles. The molecule has 1 heterocycles. The number of hydrogen-bond acceptors (Lipinski definition) is 7. The van der Waals surface area contributed by atoms with Crippen LogP contribution in [0.1, 0.15) is 30.0 Å². The van der Waals surface area contributed by atoms with Gasteiger partial charge in [-0.3, -0.25) is 0 Å². The number of anilines is 1. The van der Waals surface area contributed by atoms with Gasteiger partial charge >= 0.3 is 0 Å². The molecule has 1 unspecified atom stereocenters. The van der Waals surface area contributed by atoms with Crippen molar-refractivity contribution in [1.82, 2.24) is 10.2 Å². The van der Waals surface area contributed by atoms with Gasteiger partial charge in [0.15, 0.2) is 11.6 Å². The van der Waals surface area contributed by atoms with Crippen LogP contribution in [0.3, 0.4) is 0 Å². The average Bonchev–Trinajstić information content (AvgIpc) is 3.14. The van der Waals surface area contributed by atoms with Gasteiger partial charge in [-0.1, -0.05) is 0 Å². The molecule has 0 aliphatic heterocycles. The van der Waals surface area contributed by atoms with Gasteiger partial charge in [-0.15, -0.1) is 10.2 Å². The zero-order chi connectivity index (χ0) is 20.4. The maximum Gasteiger partial charge on any atom is 0.248 e. The molecule has 0 spiro atoms. The van der Waals surface area contributed by atoms with E-state index in [9.17, 15) is 14.6 Å². The van der Waals surface area contributed by atoms with Gasteiger partial charge in [-0.25, -0.2) is 4.39 Å². The molecular formula is C19H16FIN4O3. The second kappa shape index (κ2) is 8.12. The van der Waals surface area contributed by atoms with E-state index in [0.717, 1.165) is 15.2 Å². The number of nitrogens with one attached hydrogen (secondary N) is 1. The summed E-state index contributed by atoms with van der Waals surface area (Å²) in [6.45, 7) is 3.44. The van der Waals surface area contributed by atoms with Crippen LogP contribution in [0.15, 0.2) is 34.7 Å². The first-order chi connectivity index (χ1) is 13.3. The van der Waals surface area contributed by atoms with E-state index < -0.39 is 23.7 Å². The van der Waals surface area contributed by atoms with Gasteiger partial charge in [0, 0.05) is 14.8 Å².